The highest BCUT2D eigenvalue weighted by Gasteiger charge is 2.05. The SMILES string of the molecule is CC(N)CS(=O)Cc1cccc(C#N)c1. The van der Waals surface area contributed by atoms with Crippen LogP contribution in [0.3, 0.4) is 0 Å². The van der Waals surface area contributed by atoms with Crippen LogP contribution in [-0.2, 0) is 16.6 Å². The summed E-state index contributed by atoms with van der Waals surface area (Å²) in [6.07, 6.45) is 0. The molecule has 0 aromatic heterocycles. The van der Waals surface area contributed by atoms with Crippen LogP contribution in [-0.4, -0.2) is 16.0 Å². The molecule has 1 aromatic carbocycles. The van der Waals surface area contributed by atoms with Gasteiger partial charge in [-0.2, -0.15) is 5.26 Å². The summed E-state index contributed by atoms with van der Waals surface area (Å²) in [7, 11) is -0.946. The molecule has 2 atom stereocenters. The molecule has 0 amide bonds. The van der Waals surface area contributed by atoms with Crippen molar-refractivity contribution in [2.24, 2.45) is 5.73 Å². The monoisotopic (exact) mass is 222 g/mol. The topological polar surface area (TPSA) is 66.9 Å². The molecule has 2 N–H and O–H groups in total. The van der Waals surface area contributed by atoms with E-state index in [4.69, 9.17) is 11.0 Å². The highest BCUT2D eigenvalue weighted by molar-refractivity contribution is 7.84. The summed E-state index contributed by atoms with van der Waals surface area (Å²) >= 11 is 0. The van der Waals surface area contributed by atoms with Crippen molar-refractivity contribution in [1.82, 2.24) is 0 Å². The van der Waals surface area contributed by atoms with Gasteiger partial charge in [0, 0.05) is 28.3 Å². The summed E-state index contributed by atoms with van der Waals surface area (Å²) < 4.78 is 11.6. The minimum atomic E-state index is -0.946. The standard InChI is InChI=1S/C11H14N2OS/c1-9(13)7-15(14)8-11-4-2-3-10(5-11)6-12/h2-5,9H,7-8,13H2,1H3. The normalized spacial score (nSPS) is 14.2. The molecular formula is C11H14N2OS. The van der Waals surface area contributed by atoms with Crippen LogP contribution in [0.1, 0.15) is 18.1 Å². The molecule has 80 valence electrons. The molecular weight excluding hydrogens is 208 g/mol. The third-order valence-electron chi connectivity index (χ3n) is 1.83. The zero-order valence-electron chi connectivity index (χ0n) is 8.64. The van der Waals surface area contributed by atoms with Crippen LogP contribution in [0.4, 0.5) is 0 Å². The highest BCUT2D eigenvalue weighted by atomic mass is 32.2. The summed E-state index contributed by atoms with van der Waals surface area (Å²) in [6.45, 7) is 1.84. The Morgan fingerprint density at radius 2 is 2.33 bits per heavy atom. The molecule has 1 aromatic rings. The predicted octanol–water partition coefficient (Wildman–Crippen LogP) is 1.15. The second-order valence-electron chi connectivity index (χ2n) is 3.54. The van der Waals surface area contributed by atoms with Crippen LogP contribution in [0.2, 0.25) is 0 Å². The molecule has 0 aliphatic heterocycles. The smallest absolute Gasteiger partial charge is 0.0991 e. The molecule has 0 saturated heterocycles. The maximum Gasteiger partial charge on any atom is 0.0991 e. The molecule has 0 aliphatic carbocycles. The molecule has 3 nitrogen and oxygen atoms in total. The molecule has 2 unspecified atom stereocenters. The third-order valence-corrected chi connectivity index (χ3v) is 3.39. The summed E-state index contributed by atoms with van der Waals surface area (Å²) in [6, 6.07) is 9.18. The van der Waals surface area contributed by atoms with Gasteiger partial charge in [0.15, 0.2) is 0 Å². The third kappa shape index (κ3) is 4.24. The van der Waals surface area contributed by atoms with Crippen molar-refractivity contribution >= 4 is 10.8 Å². The van der Waals surface area contributed by atoms with Gasteiger partial charge in [0.25, 0.3) is 0 Å². The predicted molar refractivity (Wildman–Crippen MR) is 61.5 cm³/mol. The molecule has 0 heterocycles. The summed E-state index contributed by atoms with van der Waals surface area (Å²) in [5.74, 6) is 0.966. The minimum absolute atomic E-state index is 0.0509. The van der Waals surface area contributed by atoms with E-state index in [1.807, 2.05) is 13.0 Å². The van der Waals surface area contributed by atoms with Gasteiger partial charge < -0.3 is 5.73 Å². The second-order valence-corrected chi connectivity index (χ2v) is 5.04. The Bertz CT molecular complexity index is 396. The Morgan fingerprint density at radius 1 is 1.60 bits per heavy atom. The summed E-state index contributed by atoms with van der Waals surface area (Å²) in [5.41, 5.74) is 7.08. The van der Waals surface area contributed by atoms with Gasteiger partial charge in [-0.15, -0.1) is 0 Å². The number of nitriles is 1. The zero-order valence-corrected chi connectivity index (χ0v) is 9.46. The number of nitrogens with two attached hydrogens (primary N) is 1. The maximum absolute atomic E-state index is 11.6. The Kier molecular flexibility index (Phi) is 4.47. The lowest BCUT2D eigenvalue weighted by Gasteiger charge is -2.05. The van der Waals surface area contributed by atoms with E-state index in [1.54, 1.807) is 18.2 Å². The number of rotatable bonds is 4. The Labute approximate surface area is 92.4 Å². The first-order chi connectivity index (χ1) is 7.11. The number of hydrogen-bond donors (Lipinski definition) is 1. The first kappa shape index (κ1) is 11.9. The number of nitrogens with zero attached hydrogens (tertiary/aromatic N) is 1. The van der Waals surface area contributed by atoms with Gasteiger partial charge in [-0.1, -0.05) is 12.1 Å². The van der Waals surface area contributed by atoms with Gasteiger partial charge in [-0.3, -0.25) is 4.21 Å². The Balaban J connectivity index is 2.65. The minimum Gasteiger partial charge on any atom is -0.327 e. The van der Waals surface area contributed by atoms with E-state index < -0.39 is 10.8 Å². The van der Waals surface area contributed by atoms with Crippen molar-refractivity contribution in [2.75, 3.05) is 5.75 Å². The molecule has 0 bridgehead atoms. The van der Waals surface area contributed by atoms with Gasteiger partial charge in [0.2, 0.25) is 0 Å². The van der Waals surface area contributed by atoms with E-state index in [0.717, 1.165) is 5.56 Å². The summed E-state index contributed by atoms with van der Waals surface area (Å²) in [5, 5.41) is 8.70. The van der Waals surface area contributed by atoms with Gasteiger partial charge >= 0.3 is 0 Å². The average molecular weight is 222 g/mol. The molecule has 1 rings (SSSR count). The van der Waals surface area contributed by atoms with Crippen molar-refractivity contribution in [3.63, 3.8) is 0 Å². The van der Waals surface area contributed by atoms with Crippen LogP contribution in [0.15, 0.2) is 24.3 Å². The van der Waals surface area contributed by atoms with Crippen LogP contribution >= 0.6 is 0 Å². The van der Waals surface area contributed by atoms with E-state index >= 15 is 0 Å². The Hall–Kier alpha value is -1.18. The fourth-order valence-electron chi connectivity index (χ4n) is 1.27. The molecule has 0 saturated carbocycles. The van der Waals surface area contributed by atoms with Crippen molar-refractivity contribution in [1.29, 1.82) is 5.26 Å². The van der Waals surface area contributed by atoms with Gasteiger partial charge in [-0.05, 0) is 24.6 Å². The number of benzene rings is 1. The largest absolute Gasteiger partial charge is 0.327 e. The van der Waals surface area contributed by atoms with Crippen LogP contribution in [0.5, 0.6) is 0 Å². The molecule has 0 spiro atoms. The van der Waals surface area contributed by atoms with Crippen LogP contribution < -0.4 is 5.73 Å². The Morgan fingerprint density at radius 3 is 2.93 bits per heavy atom. The average Bonchev–Trinajstić information content (AvgIpc) is 2.16. The molecule has 4 heteroatoms. The van der Waals surface area contributed by atoms with E-state index in [9.17, 15) is 4.21 Å². The van der Waals surface area contributed by atoms with Crippen molar-refractivity contribution in [3.8, 4) is 6.07 Å². The summed E-state index contributed by atoms with van der Waals surface area (Å²) in [4.78, 5) is 0. The van der Waals surface area contributed by atoms with Crippen molar-refractivity contribution < 1.29 is 4.21 Å². The van der Waals surface area contributed by atoms with Gasteiger partial charge in [-0.25, -0.2) is 0 Å². The lowest BCUT2D eigenvalue weighted by molar-refractivity contribution is 0.676. The fraction of sp³-hybridized carbons (Fsp3) is 0.364. The first-order valence-electron chi connectivity index (χ1n) is 4.71. The van der Waals surface area contributed by atoms with E-state index in [0.29, 0.717) is 17.1 Å². The zero-order chi connectivity index (χ0) is 11.3. The van der Waals surface area contributed by atoms with E-state index in [-0.39, 0.29) is 6.04 Å². The first-order valence-corrected chi connectivity index (χ1v) is 6.20. The van der Waals surface area contributed by atoms with Crippen LogP contribution in [0.25, 0.3) is 0 Å². The van der Waals surface area contributed by atoms with E-state index in [2.05, 4.69) is 6.07 Å². The van der Waals surface area contributed by atoms with Crippen molar-refractivity contribution in [2.45, 2.75) is 18.7 Å². The molecule has 0 fully saturated rings. The lowest BCUT2D eigenvalue weighted by Crippen LogP contribution is -2.23. The molecule has 0 aliphatic rings. The van der Waals surface area contributed by atoms with Crippen LogP contribution in [0, 0.1) is 11.3 Å². The second kappa shape index (κ2) is 5.64. The van der Waals surface area contributed by atoms with Gasteiger partial charge in [0.05, 0.1) is 11.6 Å². The molecule has 15 heavy (non-hydrogen) atoms. The molecule has 0 radical (unpaired) electrons. The van der Waals surface area contributed by atoms with Crippen molar-refractivity contribution in [3.05, 3.63) is 35.4 Å². The fourth-order valence-corrected chi connectivity index (χ4v) is 2.52. The van der Waals surface area contributed by atoms with E-state index in [1.165, 1.54) is 0 Å². The quantitative estimate of drug-likeness (QED) is 0.831. The maximum atomic E-state index is 11.6. The van der Waals surface area contributed by atoms with Gasteiger partial charge in [0.1, 0.15) is 0 Å². The lowest BCUT2D eigenvalue weighted by atomic mass is 10.2. The highest BCUT2D eigenvalue weighted by Crippen LogP contribution is 2.07. The number of hydrogen-bond acceptors (Lipinski definition) is 3.